The lowest BCUT2D eigenvalue weighted by Crippen LogP contribution is -2.45. The Balaban J connectivity index is 1.77. The first-order chi connectivity index (χ1) is 16.8. The van der Waals surface area contributed by atoms with Crippen LogP contribution in [-0.4, -0.2) is 42.2 Å². The molecule has 0 spiro atoms. The summed E-state index contributed by atoms with van der Waals surface area (Å²) in [7, 11) is -6.27. The van der Waals surface area contributed by atoms with Crippen LogP contribution in [0.15, 0.2) is 71.6 Å². The second-order valence-electron chi connectivity index (χ2n) is 8.04. The molecule has 1 amide bonds. The summed E-state index contributed by atoms with van der Waals surface area (Å²) in [6.45, 7) is 3.33. The minimum absolute atomic E-state index is 0.000223. The number of rotatable bonds is 9. The number of carbonyl (C=O) groups is 1. The highest BCUT2D eigenvalue weighted by molar-refractivity contribution is 7.92. The van der Waals surface area contributed by atoms with E-state index in [4.69, 9.17) is 16.3 Å². The quantitative estimate of drug-likeness (QED) is 0.410. The molecule has 192 valence electrons. The fraction of sp³-hybridized carbons (Fsp3) is 0.208. The number of methoxy groups -OCH3 is 1. The van der Waals surface area contributed by atoms with Crippen molar-refractivity contribution in [2.75, 3.05) is 27.7 Å². The zero-order valence-corrected chi connectivity index (χ0v) is 22.4. The number of sulfonamides is 2. The van der Waals surface area contributed by atoms with Crippen molar-refractivity contribution in [3.05, 3.63) is 77.3 Å². The van der Waals surface area contributed by atoms with Crippen LogP contribution in [-0.2, 0) is 24.8 Å². The number of carbonyl (C=O) groups excluding carboxylic acids is 1. The first-order valence-corrected chi connectivity index (χ1v) is 14.4. The molecule has 0 aliphatic heterocycles. The Morgan fingerprint density at radius 3 is 2.06 bits per heavy atom. The summed E-state index contributed by atoms with van der Waals surface area (Å²) in [6.07, 6.45) is 0.982. The van der Waals surface area contributed by atoms with Crippen LogP contribution in [0.5, 0.6) is 5.75 Å². The van der Waals surface area contributed by atoms with Crippen molar-refractivity contribution < 1.29 is 26.4 Å². The highest BCUT2D eigenvalue weighted by Crippen LogP contribution is 2.31. The smallest absolute Gasteiger partial charge is 0.261 e. The number of nitrogens with zero attached hydrogens (tertiary/aromatic N) is 1. The van der Waals surface area contributed by atoms with Crippen LogP contribution < -0.4 is 19.1 Å². The number of aryl methyl sites for hydroxylation is 1. The van der Waals surface area contributed by atoms with E-state index in [1.165, 1.54) is 56.5 Å². The van der Waals surface area contributed by atoms with Gasteiger partial charge in [-0.05, 0) is 68.4 Å². The zero-order chi connectivity index (χ0) is 26.7. The monoisotopic (exact) mass is 551 g/mol. The van der Waals surface area contributed by atoms with E-state index in [1.807, 2.05) is 6.92 Å². The van der Waals surface area contributed by atoms with E-state index in [2.05, 4.69) is 10.0 Å². The van der Waals surface area contributed by atoms with Crippen molar-refractivity contribution in [1.29, 1.82) is 0 Å². The van der Waals surface area contributed by atoms with E-state index in [9.17, 15) is 21.6 Å². The van der Waals surface area contributed by atoms with Crippen molar-refractivity contribution >= 4 is 54.6 Å². The normalized spacial score (nSPS) is 12.5. The van der Waals surface area contributed by atoms with Gasteiger partial charge in [-0.3, -0.25) is 13.8 Å². The van der Waals surface area contributed by atoms with Crippen LogP contribution in [0, 0.1) is 6.92 Å². The minimum atomic E-state index is -3.86. The van der Waals surface area contributed by atoms with Crippen molar-refractivity contribution in [3.8, 4) is 5.75 Å². The predicted molar refractivity (Wildman–Crippen MR) is 142 cm³/mol. The summed E-state index contributed by atoms with van der Waals surface area (Å²) >= 11 is 6.15. The zero-order valence-electron chi connectivity index (χ0n) is 20.0. The number of ether oxygens (including phenoxy) is 1. The SMILES string of the molecule is COc1ccc(N([C@H](C)C(=O)Nc2ccc(S(=O)(=O)Nc3ccc(C)cc3)cc2)S(C)(=O)=O)cc1Cl. The Morgan fingerprint density at radius 2 is 1.53 bits per heavy atom. The molecule has 0 unspecified atom stereocenters. The average Bonchev–Trinajstić information content (AvgIpc) is 2.80. The van der Waals surface area contributed by atoms with Gasteiger partial charge in [0.1, 0.15) is 11.8 Å². The van der Waals surface area contributed by atoms with Gasteiger partial charge >= 0.3 is 0 Å². The van der Waals surface area contributed by atoms with Crippen molar-refractivity contribution in [2.24, 2.45) is 0 Å². The summed E-state index contributed by atoms with van der Waals surface area (Å²) in [4.78, 5) is 12.9. The lowest BCUT2D eigenvalue weighted by Gasteiger charge is -2.28. The van der Waals surface area contributed by atoms with E-state index in [1.54, 1.807) is 24.3 Å². The van der Waals surface area contributed by atoms with E-state index >= 15 is 0 Å². The summed E-state index contributed by atoms with van der Waals surface area (Å²) in [6, 6.07) is 15.7. The van der Waals surface area contributed by atoms with Crippen LogP contribution in [0.3, 0.4) is 0 Å². The summed E-state index contributed by atoms with van der Waals surface area (Å²) < 4.78 is 58.9. The van der Waals surface area contributed by atoms with Crippen LogP contribution in [0.25, 0.3) is 0 Å². The van der Waals surface area contributed by atoms with Gasteiger partial charge in [0.2, 0.25) is 15.9 Å². The third-order valence-electron chi connectivity index (χ3n) is 5.21. The second kappa shape index (κ2) is 10.8. The first kappa shape index (κ1) is 27.3. The molecule has 0 aromatic heterocycles. The maximum atomic E-state index is 12.9. The Hall–Kier alpha value is -3.28. The molecule has 0 bridgehead atoms. The molecule has 0 saturated heterocycles. The van der Waals surface area contributed by atoms with Gasteiger partial charge < -0.3 is 10.1 Å². The van der Waals surface area contributed by atoms with Gasteiger partial charge in [0, 0.05) is 11.4 Å². The summed E-state index contributed by atoms with van der Waals surface area (Å²) in [5, 5.41) is 2.81. The number of halogens is 1. The molecule has 0 aliphatic carbocycles. The van der Waals surface area contributed by atoms with E-state index in [-0.39, 0.29) is 15.6 Å². The molecule has 0 saturated carbocycles. The highest BCUT2D eigenvalue weighted by atomic mass is 35.5. The third-order valence-corrected chi connectivity index (χ3v) is 8.15. The molecule has 3 rings (SSSR count). The summed E-state index contributed by atoms with van der Waals surface area (Å²) in [5.41, 5.74) is 1.90. The molecule has 3 aromatic rings. The minimum Gasteiger partial charge on any atom is -0.495 e. The molecular weight excluding hydrogens is 526 g/mol. The summed E-state index contributed by atoms with van der Waals surface area (Å²) in [5.74, 6) is -0.265. The molecule has 12 heteroatoms. The van der Waals surface area contributed by atoms with Crippen LogP contribution in [0.1, 0.15) is 12.5 Å². The van der Waals surface area contributed by atoms with Crippen molar-refractivity contribution in [1.82, 2.24) is 0 Å². The second-order valence-corrected chi connectivity index (χ2v) is 12.0. The lowest BCUT2D eigenvalue weighted by atomic mass is 10.2. The fourth-order valence-electron chi connectivity index (χ4n) is 3.40. The van der Waals surface area contributed by atoms with Gasteiger partial charge in [0.05, 0.1) is 29.0 Å². The highest BCUT2D eigenvalue weighted by Gasteiger charge is 2.30. The number of anilines is 3. The number of hydrogen-bond acceptors (Lipinski definition) is 6. The molecule has 0 aliphatic rings. The predicted octanol–water partition coefficient (Wildman–Crippen LogP) is 4.25. The number of benzene rings is 3. The Bertz CT molecular complexity index is 1460. The largest absolute Gasteiger partial charge is 0.495 e. The molecule has 0 heterocycles. The molecule has 0 fully saturated rings. The van der Waals surface area contributed by atoms with Crippen LogP contribution >= 0.6 is 11.6 Å². The number of hydrogen-bond donors (Lipinski definition) is 2. The van der Waals surface area contributed by atoms with Gasteiger partial charge in [-0.25, -0.2) is 16.8 Å². The molecule has 1 atom stereocenters. The molecule has 3 aromatic carbocycles. The molecule has 36 heavy (non-hydrogen) atoms. The Morgan fingerprint density at radius 1 is 0.944 bits per heavy atom. The number of nitrogens with one attached hydrogen (secondary N) is 2. The van der Waals surface area contributed by atoms with Gasteiger partial charge in [-0.2, -0.15) is 0 Å². The van der Waals surface area contributed by atoms with Gasteiger partial charge in [0.15, 0.2) is 0 Å². The maximum absolute atomic E-state index is 12.9. The van der Waals surface area contributed by atoms with E-state index in [0.717, 1.165) is 16.1 Å². The fourth-order valence-corrected chi connectivity index (χ4v) is 5.88. The Kier molecular flexibility index (Phi) is 8.17. The van der Waals surface area contributed by atoms with E-state index in [0.29, 0.717) is 17.1 Å². The molecule has 9 nitrogen and oxygen atoms in total. The topological polar surface area (TPSA) is 122 Å². The first-order valence-electron chi connectivity index (χ1n) is 10.6. The van der Waals surface area contributed by atoms with Crippen LogP contribution in [0.2, 0.25) is 5.02 Å². The van der Waals surface area contributed by atoms with Gasteiger partial charge in [0.25, 0.3) is 10.0 Å². The molecule has 2 N–H and O–H groups in total. The van der Waals surface area contributed by atoms with Crippen LogP contribution in [0.4, 0.5) is 17.1 Å². The average molecular weight is 552 g/mol. The van der Waals surface area contributed by atoms with Gasteiger partial charge in [-0.15, -0.1) is 0 Å². The lowest BCUT2D eigenvalue weighted by molar-refractivity contribution is -0.116. The molecule has 0 radical (unpaired) electrons. The number of amides is 1. The van der Waals surface area contributed by atoms with Crippen molar-refractivity contribution in [2.45, 2.75) is 24.8 Å². The standard InChI is InChI=1S/C24H26ClN3O6S2/c1-16-5-7-19(8-6-16)27-36(32,33)21-12-9-18(10-13-21)26-24(29)17(2)28(35(4,30)31)20-11-14-23(34-3)22(25)15-20/h5-15,17,27H,1-4H3,(H,26,29)/t17-/m1/s1. The Labute approximate surface area is 216 Å². The maximum Gasteiger partial charge on any atom is 0.261 e. The molecular formula is C24H26ClN3O6S2. The van der Waals surface area contributed by atoms with E-state index < -0.39 is 32.0 Å². The third kappa shape index (κ3) is 6.48. The van der Waals surface area contributed by atoms with Crippen molar-refractivity contribution in [3.63, 3.8) is 0 Å². The van der Waals surface area contributed by atoms with Gasteiger partial charge in [-0.1, -0.05) is 29.3 Å².